The van der Waals surface area contributed by atoms with Crippen LogP contribution in [-0.2, 0) is 0 Å². The number of likely N-dealkylation sites (tertiary alicyclic amines) is 1. The van der Waals surface area contributed by atoms with Crippen LogP contribution in [0.1, 0.15) is 36.1 Å². The number of rotatable bonds is 6. The number of benzene rings is 2. The zero-order chi connectivity index (χ0) is 17.8. The predicted octanol–water partition coefficient (Wildman–Crippen LogP) is 4.34. The number of halogens is 1. The molecule has 0 amide bonds. The fourth-order valence-electron chi connectivity index (χ4n) is 3.53. The van der Waals surface area contributed by atoms with Gasteiger partial charge in [-0.3, -0.25) is 4.90 Å². The number of aliphatic hydroxyl groups is 1. The largest absolute Gasteiger partial charge is 0.497 e. The number of β-amino-alcohol motifs (C(OH)–C–C–N with tert-alkyl or cyclic N) is 1. The van der Waals surface area contributed by atoms with Gasteiger partial charge in [-0.1, -0.05) is 34.1 Å². The summed E-state index contributed by atoms with van der Waals surface area (Å²) >= 11 is 3.47. The van der Waals surface area contributed by atoms with E-state index >= 15 is 0 Å². The lowest BCUT2D eigenvalue weighted by Gasteiger charge is -2.28. The average molecular weight is 406 g/mol. The summed E-state index contributed by atoms with van der Waals surface area (Å²) in [7, 11) is 3.35. The Morgan fingerprint density at radius 3 is 2.76 bits per heavy atom. The zero-order valence-corrected chi connectivity index (χ0v) is 16.2. The van der Waals surface area contributed by atoms with Gasteiger partial charge in [-0.05, 0) is 43.1 Å². The molecule has 5 heteroatoms. The minimum absolute atomic E-state index is 0.252. The summed E-state index contributed by atoms with van der Waals surface area (Å²) < 4.78 is 11.9. The molecule has 134 valence electrons. The summed E-state index contributed by atoms with van der Waals surface area (Å²) in [6.07, 6.45) is 1.67. The number of hydrogen-bond donors (Lipinski definition) is 1. The van der Waals surface area contributed by atoms with Crippen molar-refractivity contribution in [2.45, 2.75) is 25.0 Å². The van der Waals surface area contributed by atoms with E-state index in [1.165, 1.54) is 0 Å². The van der Waals surface area contributed by atoms with E-state index in [1.807, 2.05) is 36.4 Å². The number of aliphatic hydroxyl groups excluding tert-OH is 1. The molecule has 0 radical (unpaired) electrons. The molecule has 0 saturated carbocycles. The van der Waals surface area contributed by atoms with Gasteiger partial charge in [-0.25, -0.2) is 0 Å². The van der Waals surface area contributed by atoms with Crippen molar-refractivity contribution in [2.24, 2.45) is 0 Å². The van der Waals surface area contributed by atoms with Gasteiger partial charge in [0.2, 0.25) is 0 Å². The Bertz CT molecular complexity index is 722. The van der Waals surface area contributed by atoms with Crippen molar-refractivity contribution in [3.05, 3.63) is 58.1 Å². The molecular weight excluding hydrogens is 382 g/mol. The highest BCUT2D eigenvalue weighted by Crippen LogP contribution is 2.39. The van der Waals surface area contributed by atoms with Crippen LogP contribution in [-0.4, -0.2) is 37.3 Å². The number of ether oxygens (including phenoxy) is 2. The Labute approximate surface area is 157 Å². The second-order valence-electron chi connectivity index (χ2n) is 6.33. The number of hydrogen-bond acceptors (Lipinski definition) is 4. The molecule has 0 aliphatic carbocycles. The Morgan fingerprint density at radius 1 is 1.20 bits per heavy atom. The first-order valence-corrected chi connectivity index (χ1v) is 9.31. The van der Waals surface area contributed by atoms with E-state index in [4.69, 9.17) is 9.47 Å². The fourth-order valence-corrected chi connectivity index (χ4v) is 3.95. The van der Waals surface area contributed by atoms with Crippen LogP contribution in [0.2, 0.25) is 0 Å². The molecule has 2 aromatic carbocycles. The minimum Gasteiger partial charge on any atom is -0.497 e. The summed E-state index contributed by atoms with van der Waals surface area (Å²) in [5, 5.41) is 10.7. The van der Waals surface area contributed by atoms with Crippen LogP contribution < -0.4 is 9.47 Å². The van der Waals surface area contributed by atoms with Crippen LogP contribution in [0.15, 0.2) is 46.9 Å². The van der Waals surface area contributed by atoms with Gasteiger partial charge in [0.1, 0.15) is 11.5 Å². The third-order valence-electron chi connectivity index (χ3n) is 4.80. The van der Waals surface area contributed by atoms with Crippen molar-refractivity contribution in [3.8, 4) is 11.5 Å². The van der Waals surface area contributed by atoms with Crippen LogP contribution in [0, 0.1) is 0 Å². The SMILES string of the molecule is COc1ccc([C@@H]2CCCN2C[C@H](O)c2cccc(Br)c2)c(OC)c1. The maximum absolute atomic E-state index is 10.7. The summed E-state index contributed by atoms with van der Waals surface area (Å²) in [5.74, 6) is 1.63. The monoisotopic (exact) mass is 405 g/mol. The standard InChI is InChI=1S/C20H24BrNO3/c1-24-16-8-9-17(20(12-16)25-2)18-7-4-10-22(18)13-19(23)14-5-3-6-15(21)11-14/h3,5-6,8-9,11-12,18-19,23H,4,7,10,13H2,1-2H3/t18-,19-/m0/s1. The molecule has 2 aromatic rings. The van der Waals surface area contributed by atoms with Crippen LogP contribution in [0.25, 0.3) is 0 Å². The molecule has 1 heterocycles. The highest BCUT2D eigenvalue weighted by Gasteiger charge is 2.30. The number of nitrogens with zero attached hydrogens (tertiary/aromatic N) is 1. The smallest absolute Gasteiger partial charge is 0.127 e. The van der Waals surface area contributed by atoms with Crippen LogP contribution in [0.3, 0.4) is 0 Å². The van der Waals surface area contributed by atoms with Gasteiger partial charge in [-0.2, -0.15) is 0 Å². The Kier molecular flexibility index (Phi) is 5.99. The van der Waals surface area contributed by atoms with E-state index in [0.29, 0.717) is 6.54 Å². The average Bonchev–Trinajstić information content (AvgIpc) is 3.08. The molecule has 0 unspecified atom stereocenters. The van der Waals surface area contributed by atoms with E-state index in [0.717, 1.165) is 46.5 Å². The van der Waals surface area contributed by atoms with Crippen molar-refractivity contribution < 1.29 is 14.6 Å². The van der Waals surface area contributed by atoms with Gasteiger partial charge in [-0.15, -0.1) is 0 Å². The molecule has 4 nitrogen and oxygen atoms in total. The molecule has 3 rings (SSSR count). The molecular formula is C20H24BrNO3. The third-order valence-corrected chi connectivity index (χ3v) is 5.30. The first kappa shape index (κ1) is 18.2. The Balaban J connectivity index is 1.79. The molecule has 25 heavy (non-hydrogen) atoms. The second-order valence-corrected chi connectivity index (χ2v) is 7.25. The summed E-state index contributed by atoms with van der Waals surface area (Å²) in [5.41, 5.74) is 2.09. The number of methoxy groups -OCH3 is 2. The van der Waals surface area contributed by atoms with Gasteiger partial charge in [0.25, 0.3) is 0 Å². The summed E-state index contributed by atoms with van der Waals surface area (Å²) in [4.78, 5) is 2.34. The first-order chi connectivity index (χ1) is 12.1. The predicted molar refractivity (Wildman–Crippen MR) is 102 cm³/mol. The van der Waals surface area contributed by atoms with E-state index < -0.39 is 6.10 Å². The normalized spacial score (nSPS) is 19.0. The third kappa shape index (κ3) is 4.17. The second kappa shape index (κ2) is 8.21. The molecule has 2 atom stereocenters. The molecule has 0 aromatic heterocycles. The molecule has 0 spiro atoms. The molecule has 1 saturated heterocycles. The van der Waals surface area contributed by atoms with Gasteiger partial charge in [0.15, 0.2) is 0 Å². The minimum atomic E-state index is -0.512. The lowest BCUT2D eigenvalue weighted by molar-refractivity contribution is 0.105. The maximum Gasteiger partial charge on any atom is 0.127 e. The highest BCUT2D eigenvalue weighted by molar-refractivity contribution is 9.10. The quantitative estimate of drug-likeness (QED) is 0.775. The van der Waals surface area contributed by atoms with Crippen LogP contribution in [0.4, 0.5) is 0 Å². The van der Waals surface area contributed by atoms with Gasteiger partial charge in [0.05, 0.1) is 20.3 Å². The summed E-state index contributed by atoms with van der Waals surface area (Å²) in [6.45, 7) is 1.58. The zero-order valence-electron chi connectivity index (χ0n) is 14.6. The first-order valence-electron chi connectivity index (χ1n) is 8.52. The van der Waals surface area contributed by atoms with Gasteiger partial charge < -0.3 is 14.6 Å². The van der Waals surface area contributed by atoms with E-state index in [-0.39, 0.29) is 6.04 Å². The molecule has 0 bridgehead atoms. The van der Waals surface area contributed by atoms with Crippen molar-refractivity contribution in [2.75, 3.05) is 27.3 Å². The van der Waals surface area contributed by atoms with Crippen molar-refractivity contribution >= 4 is 15.9 Å². The van der Waals surface area contributed by atoms with Gasteiger partial charge in [0, 0.05) is 28.7 Å². The molecule has 1 aliphatic rings. The van der Waals surface area contributed by atoms with Gasteiger partial charge >= 0.3 is 0 Å². The lowest BCUT2D eigenvalue weighted by Crippen LogP contribution is -2.28. The highest BCUT2D eigenvalue weighted by atomic mass is 79.9. The van der Waals surface area contributed by atoms with Crippen LogP contribution in [0.5, 0.6) is 11.5 Å². The maximum atomic E-state index is 10.7. The topological polar surface area (TPSA) is 41.9 Å². The van der Waals surface area contributed by atoms with Crippen LogP contribution >= 0.6 is 15.9 Å². The Morgan fingerprint density at radius 2 is 2.04 bits per heavy atom. The van der Waals surface area contributed by atoms with Crippen molar-refractivity contribution in [1.82, 2.24) is 4.90 Å². The van der Waals surface area contributed by atoms with E-state index in [1.54, 1.807) is 14.2 Å². The van der Waals surface area contributed by atoms with Crippen molar-refractivity contribution in [1.29, 1.82) is 0 Å². The Hall–Kier alpha value is -1.56. The summed E-state index contributed by atoms with van der Waals surface area (Å²) in [6, 6.07) is 14.1. The van der Waals surface area contributed by atoms with Crippen molar-refractivity contribution in [3.63, 3.8) is 0 Å². The molecule has 1 aliphatic heterocycles. The molecule has 1 fully saturated rings. The van der Waals surface area contributed by atoms with E-state index in [9.17, 15) is 5.11 Å². The molecule has 1 N–H and O–H groups in total. The van der Waals surface area contributed by atoms with E-state index in [2.05, 4.69) is 26.9 Å². The fraction of sp³-hybridized carbons (Fsp3) is 0.400. The lowest BCUT2D eigenvalue weighted by atomic mass is 10.0.